The van der Waals surface area contributed by atoms with Gasteiger partial charge in [-0.3, -0.25) is 9.89 Å². The van der Waals surface area contributed by atoms with E-state index in [1.807, 2.05) is 19.2 Å². The van der Waals surface area contributed by atoms with Crippen LogP contribution in [0.25, 0.3) is 0 Å². The number of nitrogens with zero attached hydrogens (tertiary/aromatic N) is 2. The lowest BCUT2D eigenvalue weighted by atomic mass is 9.99. The standard InChI is InChI=1S/C20H34N4O.HI/c1-16-6-5-13-24(15-16)17(2)14-23-20(21-3)22-12-11-18-7-9-19(25-4)10-8-18;/h7-10,16-17H,5-6,11-15H2,1-4H3,(H2,21,22,23);1H. The van der Waals surface area contributed by atoms with Crippen LogP contribution in [0.3, 0.4) is 0 Å². The first-order valence-corrected chi connectivity index (χ1v) is 9.44. The minimum atomic E-state index is 0. The molecule has 6 heteroatoms. The highest BCUT2D eigenvalue weighted by atomic mass is 127. The van der Waals surface area contributed by atoms with E-state index < -0.39 is 0 Å². The summed E-state index contributed by atoms with van der Waals surface area (Å²) < 4.78 is 5.19. The van der Waals surface area contributed by atoms with Crippen molar-refractivity contribution in [3.63, 3.8) is 0 Å². The first-order chi connectivity index (χ1) is 12.1. The number of rotatable bonds is 7. The summed E-state index contributed by atoms with van der Waals surface area (Å²) in [6.07, 6.45) is 3.65. The van der Waals surface area contributed by atoms with Crippen molar-refractivity contribution < 1.29 is 4.74 Å². The van der Waals surface area contributed by atoms with Gasteiger partial charge in [0.2, 0.25) is 0 Å². The number of piperidine rings is 1. The van der Waals surface area contributed by atoms with Gasteiger partial charge in [-0.15, -0.1) is 24.0 Å². The number of methoxy groups -OCH3 is 1. The van der Waals surface area contributed by atoms with Gasteiger partial charge in [0.1, 0.15) is 5.75 Å². The van der Waals surface area contributed by atoms with E-state index in [4.69, 9.17) is 4.74 Å². The Hall–Kier alpha value is -1.02. The van der Waals surface area contributed by atoms with Crippen molar-refractivity contribution >= 4 is 29.9 Å². The molecule has 2 atom stereocenters. The van der Waals surface area contributed by atoms with Crippen LogP contribution in [0.15, 0.2) is 29.3 Å². The molecule has 5 nitrogen and oxygen atoms in total. The maximum atomic E-state index is 5.19. The zero-order chi connectivity index (χ0) is 18.1. The minimum absolute atomic E-state index is 0. The summed E-state index contributed by atoms with van der Waals surface area (Å²) in [6.45, 7) is 8.88. The molecule has 0 aromatic heterocycles. The first-order valence-electron chi connectivity index (χ1n) is 9.44. The molecule has 26 heavy (non-hydrogen) atoms. The van der Waals surface area contributed by atoms with Crippen LogP contribution in [-0.2, 0) is 6.42 Å². The molecule has 2 rings (SSSR count). The Morgan fingerprint density at radius 3 is 2.65 bits per heavy atom. The van der Waals surface area contributed by atoms with Crippen LogP contribution in [0.5, 0.6) is 5.75 Å². The molecule has 1 aromatic rings. The van der Waals surface area contributed by atoms with E-state index in [9.17, 15) is 0 Å². The SMILES string of the molecule is CN=C(NCCc1ccc(OC)cc1)NCC(C)N1CCCC(C)C1.I. The average Bonchev–Trinajstić information content (AvgIpc) is 2.64. The number of halogens is 1. The van der Waals surface area contributed by atoms with Crippen LogP contribution < -0.4 is 15.4 Å². The molecule has 148 valence electrons. The van der Waals surface area contributed by atoms with E-state index in [1.54, 1.807) is 7.11 Å². The lowest BCUT2D eigenvalue weighted by Crippen LogP contribution is -2.48. The Balaban J connectivity index is 0.00000338. The molecule has 2 unspecified atom stereocenters. The van der Waals surface area contributed by atoms with Crippen molar-refractivity contribution in [2.75, 3.05) is 40.3 Å². The lowest BCUT2D eigenvalue weighted by Gasteiger charge is -2.35. The van der Waals surface area contributed by atoms with Crippen molar-refractivity contribution in [1.29, 1.82) is 0 Å². The Bertz CT molecular complexity index is 535. The second kappa shape index (κ2) is 12.4. The van der Waals surface area contributed by atoms with Crippen molar-refractivity contribution in [3.8, 4) is 5.75 Å². The summed E-state index contributed by atoms with van der Waals surface area (Å²) in [5.74, 6) is 2.60. The molecule has 0 aliphatic carbocycles. The number of hydrogen-bond donors (Lipinski definition) is 2. The second-order valence-corrected chi connectivity index (χ2v) is 7.07. The first kappa shape index (κ1) is 23.0. The third kappa shape index (κ3) is 7.70. The third-order valence-corrected chi connectivity index (χ3v) is 4.97. The molecule has 0 radical (unpaired) electrons. The molecule has 0 bridgehead atoms. The molecule has 1 aromatic carbocycles. The van der Waals surface area contributed by atoms with Crippen LogP contribution in [-0.4, -0.2) is 57.2 Å². The maximum absolute atomic E-state index is 5.19. The van der Waals surface area contributed by atoms with Gasteiger partial charge in [0, 0.05) is 32.7 Å². The quantitative estimate of drug-likeness (QED) is 0.362. The van der Waals surface area contributed by atoms with Gasteiger partial charge in [-0.05, 0) is 56.3 Å². The fraction of sp³-hybridized carbons (Fsp3) is 0.650. The zero-order valence-electron chi connectivity index (χ0n) is 16.6. The number of benzene rings is 1. The molecule has 1 aliphatic heterocycles. The fourth-order valence-corrected chi connectivity index (χ4v) is 3.34. The van der Waals surface area contributed by atoms with Gasteiger partial charge in [0.15, 0.2) is 5.96 Å². The molecule has 2 N–H and O–H groups in total. The van der Waals surface area contributed by atoms with Crippen molar-refractivity contribution in [2.45, 2.75) is 39.2 Å². The largest absolute Gasteiger partial charge is 0.497 e. The maximum Gasteiger partial charge on any atom is 0.191 e. The highest BCUT2D eigenvalue weighted by Crippen LogP contribution is 2.17. The van der Waals surface area contributed by atoms with Crippen LogP contribution in [0, 0.1) is 5.92 Å². The lowest BCUT2D eigenvalue weighted by molar-refractivity contribution is 0.139. The van der Waals surface area contributed by atoms with Gasteiger partial charge in [0.05, 0.1) is 7.11 Å². The topological polar surface area (TPSA) is 48.9 Å². The summed E-state index contributed by atoms with van der Waals surface area (Å²) in [6, 6.07) is 8.75. The Labute approximate surface area is 176 Å². The molecule has 0 amide bonds. The van der Waals surface area contributed by atoms with E-state index >= 15 is 0 Å². The Kier molecular flexibility index (Phi) is 11.0. The number of ether oxygens (including phenoxy) is 1. The predicted molar refractivity (Wildman–Crippen MR) is 121 cm³/mol. The summed E-state index contributed by atoms with van der Waals surface area (Å²) in [7, 11) is 3.52. The van der Waals surface area contributed by atoms with Crippen molar-refractivity contribution in [2.24, 2.45) is 10.9 Å². The summed E-state index contributed by atoms with van der Waals surface area (Å²) >= 11 is 0. The van der Waals surface area contributed by atoms with E-state index in [1.165, 1.54) is 31.5 Å². The predicted octanol–water partition coefficient (Wildman–Crippen LogP) is 3.14. The fourth-order valence-electron chi connectivity index (χ4n) is 3.34. The van der Waals surface area contributed by atoms with Gasteiger partial charge < -0.3 is 15.4 Å². The van der Waals surface area contributed by atoms with Crippen molar-refractivity contribution in [3.05, 3.63) is 29.8 Å². The highest BCUT2D eigenvalue weighted by molar-refractivity contribution is 14.0. The molecule has 1 heterocycles. The molecule has 1 saturated heterocycles. The monoisotopic (exact) mass is 474 g/mol. The summed E-state index contributed by atoms with van der Waals surface area (Å²) in [4.78, 5) is 6.92. The van der Waals surface area contributed by atoms with Gasteiger partial charge in [-0.2, -0.15) is 0 Å². The summed E-state index contributed by atoms with van der Waals surface area (Å²) in [5, 5.41) is 6.87. The summed E-state index contributed by atoms with van der Waals surface area (Å²) in [5.41, 5.74) is 1.29. The molecule has 0 spiro atoms. The Morgan fingerprint density at radius 2 is 2.04 bits per heavy atom. The van der Waals surface area contributed by atoms with Crippen LogP contribution >= 0.6 is 24.0 Å². The zero-order valence-corrected chi connectivity index (χ0v) is 19.0. The van der Waals surface area contributed by atoms with E-state index in [0.717, 1.165) is 37.1 Å². The average molecular weight is 474 g/mol. The molecule has 1 aliphatic rings. The van der Waals surface area contributed by atoms with E-state index in [-0.39, 0.29) is 24.0 Å². The molecular formula is C20H35IN4O. The second-order valence-electron chi connectivity index (χ2n) is 7.07. The van der Waals surface area contributed by atoms with E-state index in [0.29, 0.717) is 6.04 Å². The smallest absolute Gasteiger partial charge is 0.191 e. The number of nitrogens with one attached hydrogen (secondary N) is 2. The van der Waals surface area contributed by atoms with Gasteiger partial charge in [0.25, 0.3) is 0 Å². The third-order valence-electron chi connectivity index (χ3n) is 4.97. The van der Waals surface area contributed by atoms with Gasteiger partial charge in [-0.25, -0.2) is 0 Å². The number of hydrogen-bond acceptors (Lipinski definition) is 3. The number of likely N-dealkylation sites (tertiary alicyclic amines) is 1. The van der Waals surface area contributed by atoms with Gasteiger partial charge >= 0.3 is 0 Å². The molecule has 0 saturated carbocycles. The molecule has 1 fully saturated rings. The highest BCUT2D eigenvalue weighted by Gasteiger charge is 2.20. The van der Waals surface area contributed by atoms with Crippen LogP contribution in [0.4, 0.5) is 0 Å². The van der Waals surface area contributed by atoms with Crippen LogP contribution in [0.2, 0.25) is 0 Å². The van der Waals surface area contributed by atoms with E-state index in [2.05, 4.69) is 46.5 Å². The Morgan fingerprint density at radius 1 is 1.31 bits per heavy atom. The number of aliphatic imine (C=N–C) groups is 1. The van der Waals surface area contributed by atoms with Crippen LogP contribution in [0.1, 0.15) is 32.3 Å². The number of guanidine groups is 1. The van der Waals surface area contributed by atoms with Crippen molar-refractivity contribution in [1.82, 2.24) is 15.5 Å². The van der Waals surface area contributed by atoms with Gasteiger partial charge in [-0.1, -0.05) is 19.1 Å². The molecular weight excluding hydrogens is 439 g/mol. The minimum Gasteiger partial charge on any atom is -0.497 e. The normalized spacial score (nSPS) is 19.4.